The van der Waals surface area contributed by atoms with Crippen LogP contribution in [0.15, 0.2) is 0 Å². The van der Waals surface area contributed by atoms with Crippen molar-refractivity contribution < 1.29 is 9.90 Å². The Balaban J connectivity index is 2.42. The van der Waals surface area contributed by atoms with Gasteiger partial charge in [0, 0.05) is 12.1 Å². The van der Waals surface area contributed by atoms with Crippen LogP contribution in [0.25, 0.3) is 0 Å². The Morgan fingerprint density at radius 3 is 2.21 bits per heavy atom. The van der Waals surface area contributed by atoms with Crippen molar-refractivity contribution in [1.29, 1.82) is 0 Å². The van der Waals surface area contributed by atoms with Crippen molar-refractivity contribution in [2.75, 3.05) is 6.54 Å². The molecule has 0 spiro atoms. The smallest absolute Gasteiger partial charge is 0.310 e. The van der Waals surface area contributed by atoms with E-state index in [1.54, 1.807) is 13.8 Å². The van der Waals surface area contributed by atoms with Crippen LogP contribution in [-0.4, -0.2) is 23.2 Å². The number of carbonyl (C=O) groups is 1. The topological polar surface area (TPSA) is 49.3 Å². The van der Waals surface area contributed by atoms with Gasteiger partial charge in [0.05, 0.1) is 5.41 Å². The third kappa shape index (κ3) is 2.71. The van der Waals surface area contributed by atoms with Crippen molar-refractivity contribution in [3.8, 4) is 0 Å². The Kier molecular flexibility index (Phi) is 2.91. The zero-order valence-corrected chi connectivity index (χ0v) is 9.55. The molecule has 82 valence electrons. The molecule has 2 N–H and O–H groups in total. The Bertz CT molecular complexity index is 229. The molecular weight excluding hydrogens is 178 g/mol. The van der Waals surface area contributed by atoms with E-state index in [4.69, 9.17) is 5.11 Å². The summed E-state index contributed by atoms with van der Waals surface area (Å²) >= 11 is 0. The van der Waals surface area contributed by atoms with E-state index in [0.29, 0.717) is 6.54 Å². The molecule has 0 aromatic heterocycles. The lowest BCUT2D eigenvalue weighted by atomic mass is 9.90. The van der Waals surface area contributed by atoms with Gasteiger partial charge >= 0.3 is 5.97 Å². The Hall–Kier alpha value is -0.570. The summed E-state index contributed by atoms with van der Waals surface area (Å²) in [6.45, 7) is 8.35. The number of hydrogen-bond donors (Lipinski definition) is 2. The lowest BCUT2D eigenvalue weighted by molar-refractivity contribution is -0.146. The number of carboxylic acid groups (broad SMARTS) is 1. The molecule has 0 aromatic rings. The summed E-state index contributed by atoms with van der Waals surface area (Å²) in [6, 6.07) is 0. The van der Waals surface area contributed by atoms with Crippen LogP contribution < -0.4 is 5.32 Å². The second-order valence-electron chi connectivity index (χ2n) is 5.54. The van der Waals surface area contributed by atoms with Gasteiger partial charge in [-0.1, -0.05) is 0 Å². The van der Waals surface area contributed by atoms with E-state index < -0.39 is 11.4 Å². The highest BCUT2D eigenvalue weighted by molar-refractivity contribution is 5.73. The summed E-state index contributed by atoms with van der Waals surface area (Å²) in [5.74, 6) is -0.0105. The van der Waals surface area contributed by atoms with Crippen molar-refractivity contribution in [3.05, 3.63) is 0 Å². The van der Waals surface area contributed by atoms with Crippen LogP contribution in [0.5, 0.6) is 0 Å². The molecule has 0 saturated heterocycles. The fraction of sp³-hybridized carbons (Fsp3) is 0.909. The molecule has 0 aliphatic heterocycles. The van der Waals surface area contributed by atoms with Gasteiger partial charge in [-0.3, -0.25) is 4.79 Å². The quantitative estimate of drug-likeness (QED) is 0.710. The maximum atomic E-state index is 10.9. The first kappa shape index (κ1) is 11.5. The first-order valence-electron chi connectivity index (χ1n) is 5.24. The van der Waals surface area contributed by atoms with Gasteiger partial charge in [-0.05, 0) is 46.5 Å². The van der Waals surface area contributed by atoms with Gasteiger partial charge in [-0.25, -0.2) is 0 Å². The molecule has 1 aliphatic rings. The van der Waals surface area contributed by atoms with Gasteiger partial charge in [0.2, 0.25) is 0 Å². The van der Waals surface area contributed by atoms with Crippen LogP contribution in [0.3, 0.4) is 0 Å². The molecule has 0 aromatic carbocycles. The van der Waals surface area contributed by atoms with Crippen LogP contribution in [0.1, 0.15) is 40.5 Å². The zero-order valence-electron chi connectivity index (χ0n) is 9.55. The third-order valence-corrected chi connectivity index (χ3v) is 3.16. The van der Waals surface area contributed by atoms with Crippen molar-refractivity contribution in [3.63, 3.8) is 0 Å². The summed E-state index contributed by atoms with van der Waals surface area (Å²) < 4.78 is 0. The third-order valence-electron chi connectivity index (χ3n) is 3.16. The Morgan fingerprint density at radius 2 is 1.86 bits per heavy atom. The molecule has 1 aliphatic carbocycles. The first-order valence-corrected chi connectivity index (χ1v) is 5.24. The summed E-state index contributed by atoms with van der Waals surface area (Å²) in [6.07, 6.45) is 2.54. The van der Waals surface area contributed by atoms with E-state index in [-0.39, 0.29) is 5.54 Å². The van der Waals surface area contributed by atoms with Crippen LogP contribution in [-0.2, 0) is 4.79 Å². The van der Waals surface area contributed by atoms with Gasteiger partial charge in [-0.2, -0.15) is 0 Å². The van der Waals surface area contributed by atoms with Gasteiger partial charge in [0.15, 0.2) is 0 Å². The minimum Gasteiger partial charge on any atom is -0.481 e. The van der Waals surface area contributed by atoms with Crippen molar-refractivity contribution >= 4 is 5.97 Å². The molecule has 1 rings (SSSR count). The minimum atomic E-state index is -0.739. The lowest BCUT2D eigenvalue weighted by Gasteiger charge is -2.30. The monoisotopic (exact) mass is 199 g/mol. The molecule has 1 saturated carbocycles. The Labute approximate surface area is 85.9 Å². The number of rotatable bonds is 5. The van der Waals surface area contributed by atoms with E-state index in [1.165, 1.54) is 12.8 Å². The van der Waals surface area contributed by atoms with Gasteiger partial charge < -0.3 is 10.4 Å². The lowest BCUT2D eigenvalue weighted by Crippen LogP contribution is -2.47. The van der Waals surface area contributed by atoms with Crippen LogP contribution in [0.4, 0.5) is 0 Å². The van der Waals surface area contributed by atoms with E-state index in [9.17, 15) is 4.79 Å². The molecule has 0 heterocycles. The van der Waals surface area contributed by atoms with Crippen molar-refractivity contribution in [2.24, 2.45) is 11.3 Å². The van der Waals surface area contributed by atoms with Gasteiger partial charge in [-0.15, -0.1) is 0 Å². The second-order valence-corrected chi connectivity index (χ2v) is 5.54. The Morgan fingerprint density at radius 1 is 1.36 bits per heavy atom. The number of carboxylic acids is 1. The number of hydrogen-bond acceptors (Lipinski definition) is 2. The van der Waals surface area contributed by atoms with E-state index in [1.807, 2.05) is 0 Å². The molecule has 0 bridgehead atoms. The first-order chi connectivity index (χ1) is 6.26. The highest BCUT2D eigenvalue weighted by Gasteiger charge is 2.39. The average Bonchev–Trinajstić information content (AvgIpc) is 2.83. The average molecular weight is 199 g/mol. The van der Waals surface area contributed by atoms with Crippen molar-refractivity contribution in [1.82, 2.24) is 5.32 Å². The molecular formula is C11H21NO2. The molecule has 0 radical (unpaired) electrons. The van der Waals surface area contributed by atoms with Crippen LogP contribution in [0, 0.1) is 11.3 Å². The molecule has 0 unspecified atom stereocenters. The molecule has 0 atom stereocenters. The second kappa shape index (κ2) is 3.54. The normalized spacial score (nSPS) is 18.3. The highest BCUT2D eigenvalue weighted by atomic mass is 16.4. The molecule has 14 heavy (non-hydrogen) atoms. The molecule has 0 amide bonds. The number of nitrogens with one attached hydrogen (secondary N) is 1. The minimum absolute atomic E-state index is 0.0900. The van der Waals surface area contributed by atoms with E-state index in [2.05, 4.69) is 19.2 Å². The van der Waals surface area contributed by atoms with Crippen molar-refractivity contribution in [2.45, 2.75) is 46.1 Å². The summed E-state index contributed by atoms with van der Waals surface area (Å²) in [4.78, 5) is 10.9. The van der Waals surface area contributed by atoms with Crippen LogP contribution in [0.2, 0.25) is 0 Å². The largest absolute Gasteiger partial charge is 0.481 e. The highest BCUT2D eigenvalue weighted by Crippen LogP contribution is 2.39. The zero-order chi connectivity index (χ0) is 11.0. The maximum Gasteiger partial charge on any atom is 0.310 e. The summed E-state index contributed by atoms with van der Waals surface area (Å²) in [5.41, 5.74) is -0.584. The number of aliphatic carboxylic acids is 1. The fourth-order valence-electron chi connectivity index (χ4n) is 1.47. The predicted molar refractivity (Wildman–Crippen MR) is 56.2 cm³/mol. The van der Waals surface area contributed by atoms with E-state index in [0.717, 1.165) is 5.92 Å². The molecule has 1 fully saturated rings. The SMILES string of the molecule is CC(C)(CNC(C)(C)C1CC1)C(=O)O. The molecule has 3 nitrogen and oxygen atoms in total. The molecule has 3 heteroatoms. The maximum absolute atomic E-state index is 10.9. The van der Waals surface area contributed by atoms with Crippen LogP contribution >= 0.6 is 0 Å². The van der Waals surface area contributed by atoms with Gasteiger partial charge in [0.25, 0.3) is 0 Å². The predicted octanol–water partition coefficient (Wildman–Crippen LogP) is 1.88. The van der Waals surface area contributed by atoms with E-state index >= 15 is 0 Å². The fourth-order valence-corrected chi connectivity index (χ4v) is 1.47. The standard InChI is InChI=1S/C11H21NO2/c1-10(2,9(13)14)7-12-11(3,4)8-5-6-8/h8,12H,5-7H2,1-4H3,(H,13,14). The summed E-state index contributed by atoms with van der Waals surface area (Å²) in [5, 5.41) is 12.3. The summed E-state index contributed by atoms with van der Waals surface area (Å²) in [7, 11) is 0. The van der Waals surface area contributed by atoms with Gasteiger partial charge in [0.1, 0.15) is 0 Å².